The van der Waals surface area contributed by atoms with Crippen molar-refractivity contribution in [2.75, 3.05) is 55.4 Å². The third-order valence-corrected chi connectivity index (χ3v) is 10.4. The molecule has 6 rings (SSSR count). The van der Waals surface area contributed by atoms with Gasteiger partial charge in [0.1, 0.15) is 5.75 Å². The van der Waals surface area contributed by atoms with Crippen LogP contribution in [0.15, 0.2) is 85.2 Å². The van der Waals surface area contributed by atoms with Gasteiger partial charge in [-0.15, -0.1) is 0 Å². The number of carbonyl (C=O) groups excluding carboxylic acids is 1. The second-order valence-electron chi connectivity index (χ2n) is 12.5. The van der Waals surface area contributed by atoms with E-state index in [1.165, 1.54) is 0 Å². The highest BCUT2D eigenvalue weighted by atomic mass is 32.2. The standard InChI is InChI=1S/C36H39F3N6O4S/c1-2-43-18-20-44(21-19-43)32-13-10-29(22-31(32)42-50(47,48)25-26-6-4-3-5-7-26)35(46)45-16-14-28(15-17-45)27-8-11-30(12-9-27)49-34-24-40-33(23-41-34)36(37,38)39/h3-13,22-24,28,42H,2,14-21,25H2,1H3. The minimum absolute atomic E-state index is 0.0446. The number of ether oxygens (including phenoxy) is 1. The second kappa shape index (κ2) is 15.1. The zero-order valence-electron chi connectivity index (χ0n) is 27.6. The molecule has 264 valence electrons. The molecule has 2 aliphatic rings. The van der Waals surface area contributed by atoms with E-state index < -0.39 is 21.9 Å². The number of hydrogen-bond acceptors (Lipinski definition) is 8. The minimum atomic E-state index is -4.58. The molecule has 3 aromatic carbocycles. The van der Waals surface area contributed by atoms with Crippen molar-refractivity contribution in [1.82, 2.24) is 19.8 Å². The smallest absolute Gasteiger partial charge is 0.434 e. The van der Waals surface area contributed by atoms with Gasteiger partial charge in [0.15, 0.2) is 5.69 Å². The molecule has 0 saturated carbocycles. The number of likely N-dealkylation sites (tertiary alicyclic amines) is 1. The van der Waals surface area contributed by atoms with Crippen LogP contribution in [0.2, 0.25) is 0 Å². The Hall–Kier alpha value is -4.69. The monoisotopic (exact) mass is 708 g/mol. The predicted molar refractivity (Wildman–Crippen MR) is 185 cm³/mol. The number of hydrogen-bond donors (Lipinski definition) is 1. The second-order valence-corrected chi connectivity index (χ2v) is 14.2. The third kappa shape index (κ3) is 8.72. The number of nitrogens with one attached hydrogen (secondary N) is 1. The van der Waals surface area contributed by atoms with E-state index in [9.17, 15) is 26.4 Å². The topological polar surface area (TPSA) is 108 Å². The zero-order chi connectivity index (χ0) is 35.3. The van der Waals surface area contributed by atoms with Gasteiger partial charge in [0.05, 0.1) is 29.5 Å². The molecular weight excluding hydrogens is 669 g/mol. The molecular formula is C36H39F3N6O4S. The van der Waals surface area contributed by atoms with Gasteiger partial charge in [-0.3, -0.25) is 9.52 Å². The van der Waals surface area contributed by atoms with Gasteiger partial charge in [-0.05, 0) is 66.8 Å². The van der Waals surface area contributed by atoms with Crippen LogP contribution in [-0.4, -0.2) is 79.9 Å². The van der Waals surface area contributed by atoms with E-state index in [4.69, 9.17) is 4.74 Å². The number of rotatable bonds is 10. The van der Waals surface area contributed by atoms with Crippen molar-refractivity contribution in [1.29, 1.82) is 0 Å². The Labute approximate surface area is 290 Å². The summed E-state index contributed by atoms with van der Waals surface area (Å²) in [4.78, 5) is 27.1. The number of likely N-dealkylation sites (N-methyl/N-ethyl adjacent to an activating group) is 1. The SMILES string of the molecule is CCN1CCN(c2ccc(C(=O)N3CCC(c4ccc(Oc5cnc(C(F)(F)F)cn5)cc4)CC3)cc2NS(=O)(=O)Cc2ccccc2)CC1. The number of nitrogens with zero attached hydrogens (tertiary/aromatic N) is 5. The van der Waals surface area contributed by atoms with Crippen LogP contribution in [0.5, 0.6) is 11.6 Å². The predicted octanol–water partition coefficient (Wildman–Crippen LogP) is 6.39. The molecule has 1 amide bonds. The zero-order valence-corrected chi connectivity index (χ0v) is 28.5. The molecule has 0 bridgehead atoms. The normalized spacial score (nSPS) is 16.3. The van der Waals surface area contributed by atoms with Crippen molar-refractivity contribution < 1.29 is 31.1 Å². The maximum absolute atomic E-state index is 13.8. The van der Waals surface area contributed by atoms with Gasteiger partial charge in [-0.1, -0.05) is 49.4 Å². The molecule has 3 heterocycles. The fraction of sp³-hybridized carbons (Fsp3) is 0.361. The van der Waals surface area contributed by atoms with Gasteiger partial charge < -0.3 is 19.4 Å². The van der Waals surface area contributed by atoms with Crippen molar-refractivity contribution in [3.05, 3.63) is 108 Å². The number of piperazine rings is 1. The Balaban J connectivity index is 1.11. The van der Waals surface area contributed by atoms with E-state index in [0.717, 1.165) is 63.0 Å². The molecule has 0 unspecified atom stereocenters. The van der Waals surface area contributed by atoms with Gasteiger partial charge in [0.25, 0.3) is 5.91 Å². The van der Waals surface area contributed by atoms with Crippen LogP contribution in [-0.2, 0) is 22.0 Å². The summed E-state index contributed by atoms with van der Waals surface area (Å²) in [6.45, 7) is 7.36. The summed E-state index contributed by atoms with van der Waals surface area (Å²) < 4.78 is 73.3. The van der Waals surface area contributed by atoms with Crippen molar-refractivity contribution in [3.63, 3.8) is 0 Å². The van der Waals surface area contributed by atoms with Gasteiger partial charge in [-0.2, -0.15) is 13.2 Å². The van der Waals surface area contributed by atoms with E-state index in [1.807, 2.05) is 24.3 Å². The Morgan fingerprint density at radius 2 is 1.60 bits per heavy atom. The highest BCUT2D eigenvalue weighted by molar-refractivity contribution is 7.91. The lowest BCUT2D eigenvalue weighted by molar-refractivity contribution is -0.141. The number of aromatic nitrogens is 2. The Kier molecular flexibility index (Phi) is 10.6. The fourth-order valence-corrected chi connectivity index (χ4v) is 7.57. The molecule has 2 aliphatic heterocycles. The van der Waals surface area contributed by atoms with Crippen LogP contribution in [0.25, 0.3) is 0 Å². The van der Waals surface area contributed by atoms with Crippen molar-refractivity contribution in [3.8, 4) is 11.6 Å². The van der Waals surface area contributed by atoms with Gasteiger partial charge >= 0.3 is 6.18 Å². The van der Waals surface area contributed by atoms with Crippen LogP contribution in [0.4, 0.5) is 24.5 Å². The lowest BCUT2D eigenvalue weighted by Crippen LogP contribution is -2.46. The number of sulfonamides is 1. The van der Waals surface area contributed by atoms with Crippen LogP contribution >= 0.6 is 0 Å². The Morgan fingerprint density at radius 3 is 2.22 bits per heavy atom. The molecule has 1 N–H and O–H groups in total. The van der Waals surface area contributed by atoms with E-state index in [1.54, 1.807) is 53.4 Å². The highest BCUT2D eigenvalue weighted by Crippen LogP contribution is 2.34. The molecule has 2 fully saturated rings. The van der Waals surface area contributed by atoms with Gasteiger partial charge in [-0.25, -0.2) is 18.4 Å². The number of benzene rings is 3. The first-order valence-electron chi connectivity index (χ1n) is 16.6. The maximum Gasteiger partial charge on any atom is 0.434 e. The first-order valence-corrected chi connectivity index (χ1v) is 18.2. The van der Waals surface area contributed by atoms with E-state index >= 15 is 0 Å². The maximum atomic E-state index is 13.8. The number of alkyl halides is 3. The minimum Gasteiger partial charge on any atom is -0.438 e. The molecule has 1 aromatic heterocycles. The van der Waals surface area contributed by atoms with E-state index in [0.29, 0.717) is 41.9 Å². The molecule has 2 saturated heterocycles. The Bertz CT molecular complexity index is 1860. The molecule has 10 nitrogen and oxygen atoms in total. The molecule has 14 heteroatoms. The molecule has 0 aliphatic carbocycles. The summed E-state index contributed by atoms with van der Waals surface area (Å²) in [5.41, 5.74) is 2.22. The number of halogens is 3. The summed E-state index contributed by atoms with van der Waals surface area (Å²) in [6.07, 6.45) is -1.55. The Morgan fingerprint density at radius 1 is 0.900 bits per heavy atom. The largest absolute Gasteiger partial charge is 0.438 e. The molecule has 4 aromatic rings. The van der Waals surface area contributed by atoms with Crippen molar-refractivity contribution in [2.24, 2.45) is 0 Å². The highest BCUT2D eigenvalue weighted by Gasteiger charge is 2.33. The van der Waals surface area contributed by atoms with E-state index in [-0.39, 0.29) is 23.5 Å². The lowest BCUT2D eigenvalue weighted by Gasteiger charge is -2.36. The summed E-state index contributed by atoms with van der Waals surface area (Å²) in [6, 6.07) is 21.6. The molecule has 50 heavy (non-hydrogen) atoms. The fourth-order valence-electron chi connectivity index (χ4n) is 6.37. The third-order valence-electron chi connectivity index (χ3n) is 9.14. The summed E-state index contributed by atoms with van der Waals surface area (Å²) in [5, 5.41) is 0. The summed E-state index contributed by atoms with van der Waals surface area (Å²) >= 11 is 0. The number of anilines is 2. The first-order chi connectivity index (χ1) is 24.0. The van der Waals surface area contributed by atoms with Crippen molar-refractivity contribution in [2.45, 2.75) is 37.6 Å². The number of carbonyl (C=O) groups is 1. The average molecular weight is 709 g/mol. The van der Waals surface area contributed by atoms with Crippen LogP contribution < -0.4 is 14.4 Å². The van der Waals surface area contributed by atoms with Crippen LogP contribution in [0, 0.1) is 0 Å². The van der Waals surface area contributed by atoms with E-state index in [2.05, 4.69) is 31.4 Å². The number of piperidine rings is 1. The molecule has 0 atom stereocenters. The molecule has 0 spiro atoms. The van der Waals surface area contributed by atoms with Gasteiger partial charge in [0, 0.05) is 44.8 Å². The number of amides is 1. The quantitative estimate of drug-likeness (QED) is 0.202. The van der Waals surface area contributed by atoms with Crippen molar-refractivity contribution >= 4 is 27.3 Å². The molecule has 0 radical (unpaired) electrons. The lowest BCUT2D eigenvalue weighted by atomic mass is 9.89. The van der Waals surface area contributed by atoms with Crippen LogP contribution in [0.1, 0.15) is 52.9 Å². The average Bonchev–Trinajstić information content (AvgIpc) is 3.12. The van der Waals surface area contributed by atoms with Gasteiger partial charge in [0.2, 0.25) is 15.9 Å². The van der Waals surface area contributed by atoms with Crippen LogP contribution in [0.3, 0.4) is 0 Å². The summed E-state index contributed by atoms with van der Waals surface area (Å²) in [5.74, 6) is 0.232. The first kappa shape index (κ1) is 35.1. The summed E-state index contributed by atoms with van der Waals surface area (Å²) in [7, 11) is -3.77.